The number of urea groups is 1. The molecule has 0 spiro atoms. The van der Waals surface area contributed by atoms with E-state index in [1.165, 1.54) is 10.4 Å². The zero-order valence-corrected chi connectivity index (χ0v) is 12.6. The quantitative estimate of drug-likeness (QED) is 0.897. The van der Waals surface area contributed by atoms with Crippen LogP contribution in [0.4, 0.5) is 4.79 Å². The second kappa shape index (κ2) is 6.26. The van der Waals surface area contributed by atoms with Crippen molar-refractivity contribution in [3.05, 3.63) is 21.9 Å². The largest absolute Gasteiger partial charge is 0.480 e. The molecule has 1 aromatic heterocycles. The second-order valence-corrected chi connectivity index (χ2v) is 6.05. The maximum Gasteiger partial charge on any atom is 0.326 e. The molecule has 0 bridgehead atoms. The molecule has 0 aromatic carbocycles. The number of aliphatic carboxylic acids is 1. The Bertz CT molecular complexity index is 500. The van der Waals surface area contributed by atoms with Crippen molar-refractivity contribution in [2.24, 2.45) is 0 Å². The third-order valence-electron chi connectivity index (χ3n) is 3.71. The maximum absolute atomic E-state index is 12.3. The van der Waals surface area contributed by atoms with Crippen LogP contribution in [0.5, 0.6) is 0 Å². The first-order valence-corrected chi connectivity index (χ1v) is 7.78. The molecule has 6 heteroatoms. The van der Waals surface area contributed by atoms with Gasteiger partial charge in [-0.1, -0.05) is 13.3 Å². The first kappa shape index (κ1) is 14.8. The summed E-state index contributed by atoms with van der Waals surface area (Å²) < 4.78 is 0. The lowest BCUT2D eigenvalue weighted by molar-refractivity contribution is -0.139. The van der Waals surface area contributed by atoms with Crippen molar-refractivity contribution in [1.82, 2.24) is 10.2 Å². The first-order valence-electron chi connectivity index (χ1n) is 6.90. The third-order valence-corrected chi connectivity index (χ3v) is 4.71. The molecule has 0 aliphatic carbocycles. The van der Waals surface area contributed by atoms with Crippen molar-refractivity contribution in [3.8, 4) is 0 Å². The summed E-state index contributed by atoms with van der Waals surface area (Å²) >= 11 is 1.72. The lowest BCUT2D eigenvalue weighted by atomic mass is 10.0. The highest BCUT2D eigenvalue weighted by Crippen LogP contribution is 2.32. The highest BCUT2D eigenvalue weighted by Gasteiger charge is 2.30. The van der Waals surface area contributed by atoms with Crippen LogP contribution in [0.2, 0.25) is 0 Å². The van der Waals surface area contributed by atoms with Crippen LogP contribution < -0.4 is 5.32 Å². The van der Waals surface area contributed by atoms with E-state index in [0.29, 0.717) is 13.0 Å². The highest BCUT2D eigenvalue weighted by atomic mass is 32.1. The summed E-state index contributed by atoms with van der Waals surface area (Å²) in [6.07, 6.45) is 2.02. The van der Waals surface area contributed by atoms with Crippen molar-refractivity contribution < 1.29 is 14.7 Å². The first-order chi connectivity index (χ1) is 9.54. The lowest BCUT2D eigenvalue weighted by Crippen LogP contribution is -2.50. The van der Waals surface area contributed by atoms with Gasteiger partial charge in [0.25, 0.3) is 0 Å². The van der Waals surface area contributed by atoms with Gasteiger partial charge in [-0.3, -0.25) is 0 Å². The molecule has 1 aliphatic rings. The van der Waals surface area contributed by atoms with E-state index in [9.17, 15) is 9.59 Å². The number of carboxylic acid groups (broad SMARTS) is 1. The number of carbonyl (C=O) groups excluding carboxylic acids is 1. The van der Waals surface area contributed by atoms with Crippen molar-refractivity contribution in [2.45, 2.75) is 45.2 Å². The Hall–Kier alpha value is -1.56. The molecule has 110 valence electrons. The molecule has 2 heterocycles. The molecule has 2 unspecified atom stereocenters. The molecule has 1 aromatic rings. The normalized spacial score (nSPS) is 19.3. The van der Waals surface area contributed by atoms with E-state index >= 15 is 0 Å². The second-order valence-electron chi connectivity index (χ2n) is 5.05. The smallest absolute Gasteiger partial charge is 0.326 e. The van der Waals surface area contributed by atoms with E-state index < -0.39 is 12.0 Å². The molecule has 0 radical (unpaired) electrons. The van der Waals surface area contributed by atoms with E-state index in [4.69, 9.17) is 5.11 Å². The number of carboxylic acids is 1. The van der Waals surface area contributed by atoms with E-state index in [-0.39, 0.29) is 12.1 Å². The van der Waals surface area contributed by atoms with E-state index in [0.717, 1.165) is 12.8 Å². The fourth-order valence-electron chi connectivity index (χ4n) is 2.56. The fourth-order valence-corrected chi connectivity index (χ4v) is 3.53. The topological polar surface area (TPSA) is 69.6 Å². The van der Waals surface area contributed by atoms with Gasteiger partial charge in [-0.2, -0.15) is 0 Å². The number of thiophene rings is 1. The zero-order chi connectivity index (χ0) is 14.7. The Kier molecular flexibility index (Phi) is 4.65. The lowest BCUT2D eigenvalue weighted by Gasteiger charge is -2.34. The van der Waals surface area contributed by atoms with Crippen LogP contribution in [0, 0.1) is 0 Å². The van der Waals surface area contributed by atoms with Crippen LogP contribution in [0.3, 0.4) is 0 Å². The fraction of sp³-hybridized carbons (Fsp3) is 0.571. The number of nitrogens with zero attached hydrogens (tertiary/aromatic N) is 1. The van der Waals surface area contributed by atoms with Gasteiger partial charge in [0.2, 0.25) is 0 Å². The molecule has 0 saturated heterocycles. The van der Waals surface area contributed by atoms with E-state index in [1.54, 1.807) is 16.2 Å². The summed E-state index contributed by atoms with van der Waals surface area (Å²) in [6.45, 7) is 4.53. The molecular weight excluding hydrogens is 276 g/mol. The number of fused-ring (bicyclic) bond motifs is 1. The van der Waals surface area contributed by atoms with Gasteiger partial charge in [0.1, 0.15) is 6.04 Å². The van der Waals surface area contributed by atoms with Crippen LogP contribution in [0.15, 0.2) is 11.4 Å². The summed E-state index contributed by atoms with van der Waals surface area (Å²) in [7, 11) is 0. The van der Waals surface area contributed by atoms with Crippen LogP contribution in [-0.2, 0) is 11.2 Å². The number of rotatable bonds is 4. The van der Waals surface area contributed by atoms with E-state index in [1.807, 2.05) is 25.3 Å². The van der Waals surface area contributed by atoms with Gasteiger partial charge in [-0.05, 0) is 36.8 Å². The minimum atomic E-state index is -0.971. The Balaban J connectivity index is 2.05. The van der Waals surface area contributed by atoms with Crippen molar-refractivity contribution in [2.75, 3.05) is 6.54 Å². The minimum Gasteiger partial charge on any atom is -0.480 e. The van der Waals surface area contributed by atoms with Crippen LogP contribution >= 0.6 is 11.3 Å². The molecule has 0 fully saturated rings. The van der Waals surface area contributed by atoms with Crippen molar-refractivity contribution >= 4 is 23.3 Å². The van der Waals surface area contributed by atoms with Gasteiger partial charge in [-0.15, -0.1) is 11.3 Å². The molecule has 20 heavy (non-hydrogen) atoms. The van der Waals surface area contributed by atoms with Gasteiger partial charge in [0.05, 0.1) is 6.04 Å². The van der Waals surface area contributed by atoms with Gasteiger partial charge in [-0.25, -0.2) is 9.59 Å². The summed E-state index contributed by atoms with van der Waals surface area (Å²) in [5, 5.41) is 13.8. The van der Waals surface area contributed by atoms with Crippen molar-refractivity contribution in [3.63, 3.8) is 0 Å². The van der Waals surface area contributed by atoms with Crippen molar-refractivity contribution in [1.29, 1.82) is 0 Å². The highest BCUT2D eigenvalue weighted by molar-refractivity contribution is 7.10. The zero-order valence-electron chi connectivity index (χ0n) is 11.8. The number of hydrogen-bond acceptors (Lipinski definition) is 3. The monoisotopic (exact) mass is 296 g/mol. The predicted molar refractivity (Wildman–Crippen MR) is 78.0 cm³/mol. The minimum absolute atomic E-state index is 0.000992. The van der Waals surface area contributed by atoms with Crippen LogP contribution in [0.25, 0.3) is 0 Å². The van der Waals surface area contributed by atoms with Gasteiger partial charge < -0.3 is 15.3 Å². The number of nitrogens with one attached hydrogen (secondary N) is 1. The molecule has 5 nitrogen and oxygen atoms in total. The average Bonchev–Trinajstić information content (AvgIpc) is 2.87. The van der Waals surface area contributed by atoms with Gasteiger partial charge in [0, 0.05) is 11.4 Å². The maximum atomic E-state index is 12.3. The number of carbonyl (C=O) groups is 2. The number of hydrogen-bond donors (Lipinski definition) is 2. The molecule has 1 aliphatic heterocycles. The SMILES string of the molecule is CCCC(NC(=O)N1CCc2sccc2C1C)C(=O)O. The number of amides is 2. The molecular formula is C14H20N2O3S. The van der Waals surface area contributed by atoms with Gasteiger partial charge >= 0.3 is 12.0 Å². The molecule has 2 atom stereocenters. The molecule has 2 N–H and O–H groups in total. The Labute approximate surface area is 122 Å². The Morgan fingerprint density at radius 2 is 2.35 bits per heavy atom. The molecule has 0 saturated carbocycles. The van der Waals surface area contributed by atoms with Gasteiger partial charge in [0.15, 0.2) is 0 Å². The Morgan fingerprint density at radius 1 is 1.60 bits per heavy atom. The molecule has 2 amide bonds. The summed E-state index contributed by atoms with van der Waals surface area (Å²) in [6, 6.07) is 0.963. The standard InChI is InChI=1S/C14H20N2O3S/c1-3-4-11(13(17)18)15-14(19)16-7-5-12-10(9(16)2)6-8-20-12/h6,8-9,11H,3-5,7H2,1-2H3,(H,15,19)(H,17,18). The summed E-state index contributed by atoms with van der Waals surface area (Å²) in [5.41, 5.74) is 1.18. The Morgan fingerprint density at radius 3 is 3.00 bits per heavy atom. The predicted octanol–water partition coefficient (Wildman–Crippen LogP) is 2.63. The van der Waals surface area contributed by atoms with E-state index in [2.05, 4.69) is 5.32 Å². The summed E-state index contributed by atoms with van der Waals surface area (Å²) in [5.74, 6) is -0.971. The van der Waals surface area contributed by atoms with Crippen LogP contribution in [-0.4, -0.2) is 34.6 Å². The van der Waals surface area contributed by atoms with Crippen LogP contribution in [0.1, 0.15) is 43.2 Å². The summed E-state index contributed by atoms with van der Waals surface area (Å²) in [4.78, 5) is 26.4. The third kappa shape index (κ3) is 2.95. The average molecular weight is 296 g/mol. The molecule has 2 rings (SSSR count).